The van der Waals surface area contributed by atoms with Crippen molar-refractivity contribution >= 4 is 11.8 Å². The molecule has 4 nitrogen and oxygen atoms in total. The molecule has 0 fully saturated rings. The molecule has 0 unspecified atom stereocenters. The number of Topliss-reactive ketones (excluding diaryl/α,β-unsaturated/α-hetero) is 1. The van der Waals surface area contributed by atoms with Gasteiger partial charge >= 0.3 is 5.97 Å². The summed E-state index contributed by atoms with van der Waals surface area (Å²) in [5.74, 6) is -0.275. The molecule has 158 valence electrons. The number of ether oxygens (including phenoxy) is 2. The van der Waals surface area contributed by atoms with Gasteiger partial charge in [0, 0.05) is 11.1 Å². The van der Waals surface area contributed by atoms with E-state index in [1.165, 1.54) is 0 Å². The molecule has 0 N–H and O–H groups in total. The highest BCUT2D eigenvalue weighted by molar-refractivity contribution is 5.98. The van der Waals surface area contributed by atoms with Crippen LogP contribution in [0.2, 0.25) is 0 Å². The van der Waals surface area contributed by atoms with E-state index in [1.54, 1.807) is 18.2 Å². The van der Waals surface area contributed by atoms with Crippen molar-refractivity contribution in [2.45, 2.75) is 0 Å². The van der Waals surface area contributed by atoms with Gasteiger partial charge in [-0.05, 0) is 22.8 Å². The van der Waals surface area contributed by atoms with Crippen LogP contribution in [0.3, 0.4) is 0 Å². The molecular formula is C28H22O4. The van der Waals surface area contributed by atoms with Gasteiger partial charge in [-0.25, -0.2) is 4.79 Å². The number of carbonyl (C=O) groups excluding carboxylic acids is 2. The van der Waals surface area contributed by atoms with Crippen molar-refractivity contribution in [2.24, 2.45) is 0 Å². The van der Waals surface area contributed by atoms with Gasteiger partial charge < -0.3 is 9.47 Å². The van der Waals surface area contributed by atoms with Crippen molar-refractivity contribution < 1.29 is 19.1 Å². The Morgan fingerprint density at radius 1 is 0.562 bits per heavy atom. The first-order valence-electron chi connectivity index (χ1n) is 10.3. The number of rotatable bonds is 8. The van der Waals surface area contributed by atoms with E-state index in [-0.39, 0.29) is 19.0 Å². The maximum Gasteiger partial charge on any atom is 0.344 e. The van der Waals surface area contributed by atoms with Gasteiger partial charge in [-0.3, -0.25) is 4.79 Å². The summed E-state index contributed by atoms with van der Waals surface area (Å²) in [7, 11) is 0. The average Bonchev–Trinajstić information content (AvgIpc) is 2.87. The van der Waals surface area contributed by atoms with Crippen molar-refractivity contribution in [1.82, 2.24) is 0 Å². The van der Waals surface area contributed by atoms with Crippen molar-refractivity contribution in [3.05, 3.63) is 115 Å². The van der Waals surface area contributed by atoms with Crippen LogP contribution in [-0.4, -0.2) is 25.0 Å². The molecule has 4 heteroatoms. The summed E-state index contributed by atoms with van der Waals surface area (Å²) in [6, 6.07) is 34.4. The van der Waals surface area contributed by atoms with E-state index in [0.29, 0.717) is 11.3 Å². The molecule has 32 heavy (non-hydrogen) atoms. The zero-order valence-electron chi connectivity index (χ0n) is 17.4. The molecule has 0 atom stereocenters. The summed E-state index contributed by atoms with van der Waals surface area (Å²) in [5.41, 5.74) is 4.46. The van der Waals surface area contributed by atoms with E-state index < -0.39 is 5.97 Å². The standard InChI is InChI=1S/C28H22O4/c29-26(24-17-15-22(16-18-24)21-9-3-1-4-10-21)19-32-28(30)20-31-27-14-8-7-13-25(27)23-11-5-2-6-12-23/h1-18H,19-20H2. The van der Waals surface area contributed by atoms with Crippen LogP contribution < -0.4 is 4.74 Å². The Balaban J connectivity index is 1.31. The fraction of sp³-hybridized carbons (Fsp3) is 0.0714. The number of esters is 1. The van der Waals surface area contributed by atoms with Crippen LogP contribution in [0.4, 0.5) is 0 Å². The zero-order chi connectivity index (χ0) is 22.2. The predicted molar refractivity (Wildman–Crippen MR) is 125 cm³/mol. The minimum absolute atomic E-state index is 0.261. The molecule has 0 saturated carbocycles. The minimum Gasteiger partial charge on any atom is -0.481 e. The van der Waals surface area contributed by atoms with Crippen LogP contribution in [0.25, 0.3) is 22.3 Å². The highest BCUT2D eigenvalue weighted by Gasteiger charge is 2.12. The summed E-state index contributed by atoms with van der Waals surface area (Å²) in [4.78, 5) is 24.5. The van der Waals surface area contributed by atoms with Crippen LogP contribution >= 0.6 is 0 Å². The van der Waals surface area contributed by atoms with Gasteiger partial charge in [-0.15, -0.1) is 0 Å². The number of para-hydroxylation sites is 1. The van der Waals surface area contributed by atoms with Crippen LogP contribution in [0.15, 0.2) is 109 Å². The lowest BCUT2D eigenvalue weighted by Gasteiger charge is -2.11. The van der Waals surface area contributed by atoms with Gasteiger partial charge in [0.1, 0.15) is 5.75 Å². The maximum atomic E-state index is 12.4. The summed E-state index contributed by atoms with van der Waals surface area (Å²) < 4.78 is 10.8. The van der Waals surface area contributed by atoms with Gasteiger partial charge in [-0.1, -0.05) is 103 Å². The number of hydrogen-bond donors (Lipinski definition) is 0. The molecule has 0 aromatic heterocycles. The molecule has 4 aromatic carbocycles. The van der Waals surface area contributed by atoms with Gasteiger partial charge in [0.2, 0.25) is 0 Å². The van der Waals surface area contributed by atoms with E-state index >= 15 is 0 Å². The third kappa shape index (κ3) is 5.29. The predicted octanol–water partition coefficient (Wildman–Crippen LogP) is 5.83. The number of benzene rings is 4. The maximum absolute atomic E-state index is 12.4. The highest BCUT2D eigenvalue weighted by Crippen LogP contribution is 2.29. The second-order valence-corrected chi connectivity index (χ2v) is 7.18. The van der Waals surface area contributed by atoms with Crippen LogP contribution in [0.5, 0.6) is 5.75 Å². The Morgan fingerprint density at radius 3 is 1.81 bits per heavy atom. The first-order chi connectivity index (χ1) is 15.7. The smallest absolute Gasteiger partial charge is 0.344 e. The lowest BCUT2D eigenvalue weighted by Crippen LogP contribution is -2.19. The van der Waals surface area contributed by atoms with Crippen LogP contribution in [0.1, 0.15) is 10.4 Å². The monoisotopic (exact) mass is 422 g/mol. The Labute approximate surface area is 187 Å². The lowest BCUT2D eigenvalue weighted by atomic mass is 10.0. The second-order valence-electron chi connectivity index (χ2n) is 7.18. The molecule has 0 aliphatic heterocycles. The van der Waals surface area contributed by atoms with Crippen molar-refractivity contribution in [1.29, 1.82) is 0 Å². The van der Waals surface area contributed by atoms with Gasteiger partial charge in [-0.2, -0.15) is 0 Å². The molecule has 0 aliphatic rings. The first-order valence-corrected chi connectivity index (χ1v) is 10.3. The van der Waals surface area contributed by atoms with Gasteiger partial charge in [0.25, 0.3) is 0 Å². The Kier molecular flexibility index (Phi) is 6.73. The van der Waals surface area contributed by atoms with Crippen LogP contribution in [-0.2, 0) is 9.53 Å². The number of carbonyl (C=O) groups is 2. The molecule has 0 saturated heterocycles. The quantitative estimate of drug-likeness (QED) is 0.265. The van der Waals surface area contributed by atoms with E-state index in [9.17, 15) is 9.59 Å². The molecule has 0 spiro atoms. The fourth-order valence-electron chi connectivity index (χ4n) is 3.34. The second kappa shape index (κ2) is 10.2. The normalized spacial score (nSPS) is 10.4. The van der Waals surface area contributed by atoms with Crippen LogP contribution in [0, 0.1) is 0 Å². The van der Waals surface area contributed by atoms with E-state index in [1.807, 2.05) is 91.0 Å². The third-order valence-electron chi connectivity index (χ3n) is 5.00. The molecule has 0 amide bonds. The lowest BCUT2D eigenvalue weighted by molar-refractivity contribution is -0.144. The molecule has 0 bridgehead atoms. The summed E-state index contributed by atoms with van der Waals surface area (Å²) in [6.45, 7) is -0.600. The van der Waals surface area contributed by atoms with Crippen molar-refractivity contribution in [2.75, 3.05) is 13.2 Å². The Bertz CT molecular complexity index is 1180. The number of hydrogen-bond acceptors (Lipinski definition) is 4. The van der Waals surface area contributed by atoms with Gasteiger partial charge in [0.05, 0.1) is 0 Å². The SMILES string of the molecule is O=C(COc1ccccc1-c1ccccc1)OCC(=O)c1ccc(-c2ccccc2)cc1. The van der Waals surface area contributed by atoms with Crippen molar-refractivity contribution in [3.8, 4) is 28.0 Å². The van der Waals surface area contributed by atoms with Crippen molar-refractivity contribution in [3.63, 3.8) is 0 Å². The highest BCUT2D eigenvalue weighted by atomic mass is 16.6. The third-order valence-corrected chi connectivity index (χ3v) is 5.00. The largest absolute Gasteiger partial charge is 0.481 e. The molecule has 0 radical (unpaired) electrons. The Hall–Kier alpha value is -4.18. The summed E-state index contributed by atoms with van der Waals surface area (Å²) in [5, 5.41) is 0. The van der Waals surface area contributed by atoms with E-state index in [4.69, 9.17) is 9.47 Å². The molecule has 4 rings (SSSR count). The molecular weight excluding hydrogens is 400 g/mol. The summed E-state index contributed by atoms with van der Waals surface area (Å²) >= 11 is 0. The number of ketones is 1. The average molecular weight is 422 g/mol. The molecule has 0 heterocycles. The fourth-order valence-corrected chi connectivity index (χ4v) is 3.34. The van der Waals surface area contributed by atoms with E-state index in [2.05, 4.69) is 0 Å². The molecule has 4 aromatic rings. The minimum atomic E-state index is -0.595. The van der Waals surface area contributed by atoms with Gasteiger partial charge in [0.15, 0.2) is 19.0 Å². The Morgan fingerprint density at radius 2 is 1.12 bits per heavy atom. The summed E-state index contributed by atoms with van der Waals surface area (Å²) in [6.07, 6.45) is 0. The van der Waals surface area contributed by atoms with E-state index in [0.717, 1.165) is 22.3 Å². The molecule has 0 aliphatic carbocycles. The first kappa shape index (κ1) is 21.1. The zero-order valence-corrected chi connectivity index (χ0v) is 17.4. The topological polar surface area (TPSA) is 52.6 Å².